The maximum Gasteiger partial charge on any atom is 0.191 e. The van der Waals surface area contributed by atoms with Crippen molar-refractivity contribution < 1.29 is 8.95 Å². The molecule has 0 fully saturated rings. The Morgan fingerprint density at radius 1 is 1.23 bits per heavy atom. The van der Waals surface area contributed by atoms with Crippen LogP contribution in [0.1, 0.15) is 20.3 Å². The van der Waals surface area contributed by atoms with E-state index in [9.17, 15) is 4.21 Å². The highest BCUT2D eigenvalue weighted by molar-refractivity contribution is 7.85. The first kappa shape index (κ1) is 18.6. The average Bonchev–Trinajstić information content (AvgIpc) is 2.55. The van der Waals surface area contributed by atoms with E-state index in [1.165, 1.54) is 0 Å². The van der Waals surface area contributed by atoms with E-state index in [0.717, 1.165) is 43.6 Å². The first-order valence-corrected chi connectivity index (χ1v) is 9.13. The highest BCUT2D eigenvalue weighted by Crippen LogP contribution is 2.04. The van der Waals surface area contributed by atoms with Gasteiger partial charge in [0.2, 0.25) is 0 Å². The van der Waals surface area contributed by atoms with Gasteiger partial charge in [-0.3, -0.25) is 9.20 Å². The minimum absolute atomic E-state index is 0.563. The summed E-state index contributed by atoms with van der Waals surface area (Å²) in [6.45, 7) is 7.64. The molecule has 0 aliphatic rings. The summed E-state index contributed by atoms with van der Waals surface area (Å²) < 4.78 is 17.4. The lowest BCUT2D eigenvalue weighted by atomic mass is 10.4. The smallest absolute Gasteiger partial charge is 0.191 e. The van der Waals surface area contributed by atoms with Crippen molar-refractivity contribution in [2.24, 2.45) is 4.99 Å². The number of hydrogen-bond acceptors (Lipinski definition) is 3. The summed E-state index contributed by atoms with van der Waals surface area (Å²) in [4.78, 5) is 5.33. The molecule has 1 atom stereocenters. The van der Waals surface area contributed by atoms with Crippen LogP contribution < -0.4 is 10.6 Å². The molecular formula is C16H27N3O2S. The summed E-state index contributed by atoms with van der Waals surface area (Å²) in [6, 6.07) is 9.53. The molecule has 1 rings (SSSR count). The first-order chi connectivity index (χ1) is 10.8. The summed E-state index contributed by atoms with van der Waals surface area (Å²) in [6.07, 6.45) is 0.903. The van der Waals surface area contributed by atoms with Crippen LogP contribution in [0.3, 0.4) is 0 Å². The van der Waals surface area contributed by atoms with Crippen LogP contribution in [0.25, 0.3) is 0 Å². The third-order valence-corrected chi connectivity index (χ3v) is 4.22. The van der Waals surface area contributed by atoms with Crippen molar-refractivity contribution in [3.05, 3.63) is 30.3 Å². The molecule has 0 saturated carbocycles. The lowest BCUT2D eigenvalue weighted by molar-refractivity contribution is 0.146. The molecule has 124 valence electrons. The molecule has 22 heavy (non-hydrogen) atoms. The molecule has 6 heteroatoms. The molecule has 0 bridgehead atoms. The van der Waals surface area contributed by atoms with Crippen molar-refractivity contribution >= 4 is 16.8 Å². The zero-order valence-corrected chi connectivity index (χ0v) is 14.3. The molecule has 0 aromatic heterocycles. The number of ether oxygens (including phenoxy) is 1. The molecule has 0 aliphatic heterocycles. The standard InChI is InChI=1S/C16H27N3O2S/c1-3-17-16(18-11-8-13-21-4-2)19-12-14-22(20)15-9-6-5-7-10-15/h5-7,9-10H,3-4,8,11-14H2,1-2H3,(H2,17,18,19). The van der Waals surface area contributed by atoms with Gasteiger partial charge in [-0.15, -0.1) is 0 Å². The predicted molar refractivity (Wildman–Crippen MR) is 92.8 cm³/mol. The number of benzene rings is 1. The van der Waals surface area contributed by atoms with Gasteiger partial charge in [0, 0.05) is 43.5 Å². The van der Waals surface area contributed by atoms with Crippen molar-refractivity contribution in [2.45, 2.75) is 25.2 Å². The van der Waals surface area contributed by atoms with Gasteiger partial charge in [0.15, 0.2) is 5.96 Å². The van der Waals surface area contributed by atoms with E-state index in [1.807, 2.05) is 44.2 Å². The number of aliphatic imine (C=N–C) groups is 1. The largest absolute Gasteiger partial charge is 0.382 e. The minimum atomic E-state index is -0.979. The molecular weight excluding hydrogens is 298 g/mol. The summed E-state index contributed by atoms with van der Waals surface area (Å²) in [5.41, 5.74) is 0. The number of rotatable bonds is 10. The maximum absolute atomic E-state index is 12.1. The zero-order chi connectivity index (χ0) is 16.0. The van der Waals surface area contributed by atoms with Crippen LogP contribution in [0, 0.1) is 0 Å². The van der Waals surface area contributed by atoms with Gasteiger partial charge in [-0.2, -0.15) is 0 Å². The topological polar surface area (TPSA) is 62.7 Å². The van der Waals surface area contributed by atoms with E-state index in [2.05, 4.69) is 15.6 Å². The monoisotopic (exact) mass is 325 g/mol. The van der Waals surface area contributed by atoms with Gasteiger partial charge in [-0.05, 0) is 32.4 Å². The first-order valence-electron chi connectivity index (χ1n) is 7.81. The van der Waals surface area contributed by atoms with Gasteiger partial charge < -0.3 is 15.4 Å². The van der Waals surface area contributed by atoms with Crippen LogP contribution in [0.2, 0.25) is 0 Å². The third-order valence-electron chi connectivity index (χ3n) is 2.85. The molecule has 0 amide bonds. The Bertz CT molecular complexity index is 452. The quantitative estimate of drug-likeness (QED) is 0.391. The second-order valence-corrected chi connectivity index (χ2v) is 6.17. The summed E-state index contributed by atoms with van der Waals surface area (Å²) in [5, 5.41) is 6.40. The lowest BCUT2D eigenvalue weighted by Gasteiger charge is -2.11. The van der Waals surface area contributed by atoms with Gasteiger partial charge >= 0.3 is 0 Å². The van der Waals surface area contributed by atoms with Crippen molar-refractivity contribution in [2.75, 3.05) is 38.6 Å². The third kappa shape index (κ3) is 8.14. The van der Waals surface area contributed by atoms with Gasteiger partial charge in [0.05, 0.1) is 10.8 Å². The fraction of sp³-hybridized carbons (Fsp3) is 0.562. The molecule has 5 nitrogen and oxygen atoms in total. The Balaban J connectivity index is 2.31. The number of hydrogen-bond donors (Lipinski definition) is 2. The molecule has 0 aliphatic carbocycles. The molecule has 0 saturated heterocycles. The van der Waals surface area contributed by atoms with E-state index in [4.69, 9.17) is 4.74 Å². The van der Waals surface area contributed by atoms with Crippen LogP contribution in [0.15, 0.2) is 40.2 Å². The van der Waals surface area contributed by atoms with Crippen molar-refractivity contribution in [3.8, 4) is 0 Å². The molecule has 0 spiro atoms. The van der Waals surface area contributed by atoms with Gasteiger partial charge in [0.25, 0.3) is 0 Å². The van der Waals surface area contributed by atoms with Crippen LogP contribution in [-0.2, 0) is 15.5 Å². The van der Waals surface area contributed by atoms with E-state index in [1.54, 1.807) is 0 Å². The fourth-order valence-electron chi connectivity index (χ4n) is 1.80. The summed E-state index contributed by atoms with van der Waals surface area (Å²) in [5.74, 6) is 1.33. The Morgan fingerprint density at radius 2 is 2.00 bits per heavy atom. The Hall–Kier alpha value is -1.40. The SMILES string of the molecule is CCNC(=NCCCOCC)NCCS(=O)c1ccccc1. The average molecular weight is 325 g/mol. The molecule has 1 aromatic carbocycles. The zero-order valence-electron chi connectivity index (χ0n) is 13.5. The molecule has 0 radical (unpaired) electrons. The second-order valence-electron chi connectivity index (χ2n) is 4.60. The van der Waals surface area contributed by atoms with Crippen molar-refractivity contribution in [3.63, 3.8) is 0 Å². The van der Waals surface area contributed by atoms with E-state index in [-0.39, 0.29) is 0 Å². The van der Waals surface area contributed by atoms with E-state index < -0.39 is 10.8 Å². The summed E-state index contributed by atoms with van der Waals surface area (Å²) in [7, 11) is -0.979. The van der Waals surface area contributed by atoms with E-state index >= 15 is 0 Å². The highest BCUT2D eigenvalue weighted by atomic mass is 32.2. The highest BCUT2D eigenvalue weighted by Gasteiger charge is 2.03. The van der Waals surface area contributed by atoms with Crippen molar-refractivity contribution in [1.29, 1.82) is 0 Å². The molecule has 2 N–H and O–H groups in total. The van der Waals surface area contributed by atoms with E-state index in [0.29, 0.717) is 12.3 Å². The van der Waals surface area contributed by atoms with Crippen molar-refractivity contribution in [1.82, 2.24) is 10.6 Å². The maximum atomic E-state index is 12.1. The molecule has 1 aromatic rings. The Morgan fingerprint density at radius 3 is 2.68 bits per heavy atom. The summed E-state index contributed by atoms with van der Waals surface area (Å²) >= 11 is 0. The van der Waals surface area contributed by atoms with Gasteiger partial charge in [0.1, 0.15) is 0 Å². The van der Waals surface area contributed by atoms with Crippen LogP contribution in [0.5, 0.6) is 0 Å². The fourth-order valence-corrected chi connectivity index (χ4v) is 2.78. The van der Waals surface area contributed by atoms with Crippen LogP contribution in [0.4, 0.5) is 0 Å². The van der Waals surface area contributed by atoms with Crippen LogP contribution >= 0.6 is 0 Å². The number of guanidine groups is 1. The Labute approximate surface area is 136 Å². The molecule has 0 heterocycles. The number of nitrogens with zero attached hydrogens (tertiary/aromatic N) is 1. The van der Waals surface area contributed by atoms with Gasteiger partial charge in [-0.25, -0.2) is 0 Å². The van der Waals surface area contributed by atoms with Crippen LogP contribution in [-0.4, -0.2) is 48.8 Å². The number of nitrogens with one attached hydrogen (secondary N) is 2. The second kappa shape index (κ2) is 12.2. The lowest BCUT2D eigenvalue weighted by Crippen LogP contribution is -2.39. The normalized spacial score (nSPS) is 12.9. The minimum Gasteiger partial charge on any atom is -0.382 e. The predicted octanol–water partition coefficient (Wildman–Crippen LogP) is 1.78. The Kier molecular flexibility index (Phi) is 10.3. The molecule has 1 unspecified atom stereocenters. The van der Waals surface area contributed by atoms with Gasteiger partial charge in [-0.1, -0.05) is 18.2 Å².